The van der Waals surface area contributed by atoms with Crippen LogP contribution in [0.3, 0.4) is 0 Å². The highest BCUT2D eigenvalue weighted by atomic mass is 32.2. The van der Waals surface area contributed by atoms with Crippen molar-refractivity contribution in [2.75, 3.05) is 5.32 Å². The van der Waals surface area contributed by atoms with Gasteiger partial charge in [0.15, 0.2) is 0 Å². The van der Waals surface area contributed by atoms with Crippen molar-refractivity contribution in [2.45, 2.75) is 29.0 Å². The van der Waals surface area contributed by atoms with Crippen LogP contribution in [0.4, 0.5) is 23.2 Å². The molecule has 0 saturated carbocycles. The highest BCUT2D eigenvalue weighted by molar-refractivity contribution is 7.92. The number of alkyl halides is 3. The molecule has 4 nitrogen and oxygen atoms in total. The summed E-state index contributed by atoms with van der Waals surface area (Å²) >= 11 is 0. The summed E-state index contributed by atoms with van der Waals surface area (Å²) in [6.07, 6.45) is -0.681. The molecule has 2 aromatic carbocycles. The number of fused-ring (bicyclic) bond motifs is 1. The van der Waals surface area contributed by atoms with Gasteiger partial charge in [0.25, 0.3) is 9.84 Å². The second-order valence-electron chi connectivity index (χ2n) is 5.68. The van der Waals surface area contributed by atoms with Crippen LogP contribution in [-0.2, 0) is 16.3 Å². The van der Waals surface area contributed by atoms with Crippen LogP contribution in [0.15, 0.2) is 47.4 Å². The van der Waals surface area contributed by atoms with E-state index in [0.29, 0.717) is 11.6 Å². The van der Waals surface area contributed by atoms with Gasteiger partial charge in [0, 0.05) is 6.42 Å². The highest BCUT2D eigenvalue weighted by Gasteiger charge is 2.48. The van der Waals surface area contributed by atoms with E-state index in [-0.39, 0.29) is 6.42 Å². The van der Waals surface area contributed by atoms with Crippen molar-refractivity contribution < 1.29 is 31.1 Å². The lowest BCUT2D eigenvalue weighted by Crippen LogP contribution is -2.26. The number of aliphatic hydroxyl groups is 1. The molecule has 0 aromatic heterocycles. The van der Waals surface area contributed by atoms with Crippen molar-refractivity contribution in [1.29, 1.82) is 0 Å². The molecule has 0 saturated heterocycles. The molecular formula is C16H13F4NO3S. The van der Waals surface area contributed by atoms with E-state index in [9.17, 15) is 31.1 Å². The average molecular weight is 375 g/mol. The zero-order valence-corrected chi connectivity index (χ0v) is 13.4. The van der Waals surface area contributed by atoms with Crippen LogP contribution in [0.25, 0.3) is 0 Å². The molecular weight excluding hydrogens is 362 g/mol. The fourth-order valence-electron chi connectivity index (χ4n) is 2.88. The molecule has 0 spiro atoms. The number of anilines is 1. The Bertz CT molecular complexity index is 912. The van der Waals surface area contributed by atoms with Gasteiger partial charge in [-0.2, -0.15) is 13.2 Å². The van der Waals surface area contributed by atoms with Gasteiger partial charge in [0.1, 0.15) is 10.7 Å². The van der Waals surface area contributed by atoms with Gasteiger partial charge in [-0.3, -0.25) is 0 Å². The number of nitrogens with one attached hydrogen (secondary N) is 1. The van der Waals surface area contributed by atoms with Crippen LogP contribution in [0, 0.1) is 5.82 Å². The van der Waals surface area contributed by atoms with Gasteiger partial charge >= 0.3 is 5.51 Å². The minimum Gasteiger partial charge on any atom is -0.390 e. The number of rotatable bonds is 3. The maximum atomic E-state index is 13.4. The molecule has 0 aliphatic heterocycles. The third-order valence-corrected chi connectivity index (χ3v) is 5.58. The molecule has 0 bridgehead atoms. The SMILES string of the molecule is O=S(=O)(c1cc(F)ccc1N[C@H]1c2ccccc2C[C@H]1O)C(F)(F)F. The maximum absolute atomic E-state index is 13.4. The summed E-state index contributed by atoms with van der Waals surface area (Å²) in [5, 5.41) is 12.8. The monoisotopic (exact) mass is 375 g/mol. The number of aliphatic hydroxyl groups excluding tert-OH is 1. The van der Waals surface area contributed by atoms with Crippen LogP contribution in [0.2, 0.25) is 0 Å². The smallest absolute Gasteiger partial charge is 0.390 e. The number of benzene rings is 2. The first-order chi connectivity index (χ1) is 11.6. The Balaban J connectivity index is 2.05. The first kappa shape index (κ1) is 17.7. The average Bonchev–Trinajstić information content (AvgIpc) is 2.84. The maximum Gasteiger partial charge on any atom is 0.501 e. The first-order valence-corrected chi connectivity index (χ1v) is 8.73. The Morgan fingerprint density at radius 3 is 2.48 bits per heavy atom. The van der Waals surface area contributed by atoms with Crippen molar-refractivity contribution in [2.24, 2.45) is 0 Å². The zero-order chi connectivity index (χ0) is 18.4. The predicted octanol–water partition coefficient (Wildman–Crippen LogP) is 3.19. The van der Waals surface area contributed by atoms with E-state index >= 15 is 0 Å². The van der Waals surface area contributed by atoms with Gasteiger partial charge in [-0.1, -0.05) is 24.3 Å². The lowest BCUT2D eigenvalue weighted by atomic mass is 10.1. The number of hydrogen-bond acceptors (Lipinski definition) is 4. The third-order valence-electron chi connectivity index (χ3n) is 4.05. The summed E-state index contributed by atoms with van der Waals surface area (Å²) in [5.74, 6) is -1.11. The summed E-state index contributed by atoms with van der Waals surface area (Å²) in [7, 11) is -5.75. The number of sulfone groups is 1. The highest BCUT2D eigenvalue weighted by Crippen LogP contribution is 2.39. The molecule has 0 radical (unpaired) electrons. The fraction of sp³-hybridized carbons (Fsp3) is 0.250. The molecule has 0 fully saturated rings. The minimum atomic E-state index is -5.75. The molecule has 1 aliphatic rings. The molecule has 3 rings (SSSR count). The molecule has 2 atom stereocenters. The molecule has 0 heterocycles. The van der Waals surface area contributed by atoms with Gasteiger partial charge in [-0.15, -0.1) is 0 Å². The van der Waals surface area contributed by atoms with E-state index in [4.69, 9.17) is 0 Å². The molecule has 0 amide bonds. The number of hydrogen-bond donors (Lipinski definition) is 2. The van der Waals surface area contributed by atoms with Gasteiger partial charge in [-0.25, -0.2) is 12.8 Å². The van der Waals surface area contributed by atoms with Gasteiger partial charge in [0.05, 0.1) is 17.8 Å². The summed E-state index contributed by atoms with van der Waals surface area (Å²) in [4.78, 5) is -1.21. The molecule has 134 valence electrons. The zero-order valence-electron chi connectivity index (χ0n) is 12.6. The summed E-state index contributed by atoms with van der Waals surface area (Å²) in [6, 6.07) is 8.19. The molecule has 9 heteroatoms. The van der Waals surface area contributed by atoms with Crippen LogP contribution in [-0.4, -0.2) is 25.1 Å². The van der Waals surface area contributed by atoms with E-state index < -0.39 is 43.9 Å². The third kappa shape index (κ3) is 3.09. The minimum absolute atomic E-state index is 0.274. The van der Waals surface area contributed by atoms with Crippen molar-refractivity contribution in [3.05, 3.63) is 59.4 Å². The largest absolute Gasteiger partial charge is 0.501 e. The Kier molecular flexibility index (Phi) is 4.24. The summed E-state index contributed by atoms with van der Waals surface area (Å²) < 4.78 is 75.5. The molecule has 0 unspecified atom stereocenters. The molecule has 25 heavy (non-hydrogen) atoms. The second kappa shape index (κ2) is 5.99. The standard InChI is InChI=1S/C16H13F4NO3S/c17-10-5-6-12(14(8-10)25(23,24)16(18,19)20)21-15-11-4-2-1-3-9(11)7-13(15)22/h1-6,8,13,15,21-22H,7H2/t13-,15+/m1/s1. The Labute approximate surface area is 141 Å². The Morgan fingerprint density at radius 1 is 1.12 bits per heavy atom. The van der Waals surface area contributed by atoms with Gasteiger partial charge < -0.3 is 10.4 Å². The van der Waals surface area contributed by atoms with Crippen LogP contribution < -0.4 is 5.32 Å². The van der Waals surface area contributed by atoms with Gasteiger partial charge in [-0.05, 0) is 29.3 Å². The predicted molar refractivity (Wildman–Crippen MR) is 82.2 cm³/mol. The van der Waals surface area contributed by atoms with Crippen molar-refractivity contribution >= 4 is 15.5 Å². The lowest BCUT2D eigenvalue weighted by Gasteiger charge is -2.22. The van der Waals surface area contributed by atoms with E-state index in [0.717, 1.165) is 17.7 Å². The topological polar surface area (TPSA) is 66.4 Å². The molecule has 1 aliphatic carbocycles. The summed E-state index contributed by atoms with van der Waals surface area (Å²) in [5.41, 5.74) is -4.53. The normalized spacial score (nSPS) is 20.4. The molecule has 2 aromatic rings. The Morgan fingerprint density at radius 2 is 1.80 bits per heavy atom. The quantitative estimate of drug-likeness (QED) is 0.809. The van der Waals surface area contributed by atoms with Crippen molar-refractivity contribution in [3.8, 4) is 0 Å². The van der Waals surface area contributed by atoms with E-state index in [1.54, 1.807) is 24.3 Å². The van der Waals surface area contributed by atoms with Crippen molar-refractivity contribution in [1.82, 2.24) is 0 Å². The lowest BCUT2D eigenvalue weighted by molar-refractivity contribution is -0.0435. The number of halogens is 4. The second-order valence-corrected chi connectivity index (χ2v) is 7.59. The van der Waals surface area contributed by atoms with Crippen LogP contribution in [0.5, 0.6) is 0 Å². The Hall–Kier alpha value is -2.13. The van der Waals surface area contributed by atoms with E-state index in [2.05, 4.69) is 5.32 Å². The summed E-state index contributed by atoms with van der Waals surface area (Å²) in [6.45, 7) is 0. The van der Waals surface area contributed by atoms with Crippen molar-refractivity contribution in [3.63, 3.8) is 0 Å². The van der Waals surface area contributed by atoms with E-state index in [1.807, 2.05) is 0 Å². The first-order valence-electron chi connectivity index (χ1n) is 7.24. The van der Waals surface area contributed by atoms with E-state index in [1.165, 1.54) is 0 Å². The molecule has 2 N–H and O–H groups in total. The van der Waals surface area contributed by atoms with Crippen LogP contribution in [0.1, 0.15) is 17.2 Å². The van der Waals surface area contributed by atoms with Crippen LogP contribution >= 0.6 is 0 Å². The van der Waals surface area contributed by atoms with Gasteiger partial charge in [0.2, 0.25) is 0 Å². The fourth-order valence-corrected chi connectivity index (χ4v) is 3.81.